The van der Waals surface area contributed by atoms with Gasteiger partial charge < -0.3 is 10.2 Å². The Labute approximate surface area is 186 Å². The Kier molecular flexibility index (Phi) is 6.09. The average Bonchev–Trinajstić information content (AvgIpc) is 2.77. The number of benzene rings is 2. The minimum Gasteiger partial charge on any atom is -0.355 e. The van der Waals surface area contributed by atoms with Gasteiger partial charge in [-0.15, -0.1) is 5.10 Å². The zero-order valence-corrected chi connectivity index (χ0v) is 18.4. The number of amides is 1. The molecule has 0 spiro atoms. The van der Waals surface area contributed by atoms with Crippen LogP contribution in [-0.4, -0.2) is 28.8 Å². The summed E-state index contributed by atoms with van der Waals surface area (Å²) in [5, 5.41) is 8.17. The highest BCUT2D eigenvalue weighted by Gasteiger charge is 2.26. The molecule has 1 aromatic heterocycles. The number of aryl methyl sites for hydroxylation is 1. The van der Waals surface area contributed by atoms with Crippen LogP contribution in [0.1, 0.15) is 24.0 Å². The van der Waals surface area contributed by atoms with Crippen molar-refractivity contribution >= 4 is 29.0 Å². The number of hydrogen-bond donors (Lipinski definition) is 1. The van der Waals surface area contributed by atoms with Gasteiger partial charge in [0.25, 0.3) is 5.56 Å². The van der Waals surface area contributed by atoms with Crippen molar-refractivity contribution in [3.63, 3.8) is 0 Å². The lowest BCUT2D eigenvalue weighted by atomic mass is 9.95. The number of anilines is 2. The number of halogens is 1. The van der Waals surface area contributed by atoms with E-state index in [0.717, 1.165) is 29.7 Å². The number of rotatable bonds is 4. The second-order valence-electron chi connectivity index (χ2n) is 7.92. The molecule has 0 unspecified atom stereocenters. The van der Waals surface area contributed by atoms with Gasteiger partial charge in [0, 0.05) is 35.8 Å². The van der Waals surface area contributed by atoms with E-state index in [-0.39, 0.29) is 17.4 Å². The summed E-state index contributed by atoms with van der Waals surface area (Å²) < 4.78 is 1.36. The molecular formula is C24H25ClN4O2. The van der Waals surface area contributed by atoms with Crippen molar-refractivity contribution in [3.8, 4) is 5.69 Å². The van der Waals surface area contributed by atoms with Crippen LogP contribution in [0.15, 0.2) is 59.4 Å². The summed E-state index contributed by atoms with van der Waals surface area (Å²) in [6.07, 6.45) is 1.46. The summed E-state index contributed by atoms with van der Waals surface area (Å²) in [4.78, 5) is 27.2. The van der Waals surface area contributed by atoms with E-state index in [1.54, 1.807) is 30.3 Å². The topological polar surface area (TPSA) is 67.2 Å². The Morgan fingerprint density at radius 3 is 2.55 bits per heavy atom. The fourth-order valence-electron chi connectivity index (χ4n) is 3.86. The van der Waals surface area contributed by atoms with Crippen molar-refractivity contribution < 1.29 is 4.79 Å². The van der Waals surface area contributed by atoms with Gasteiger partial charge in [0.05, 0.1) is 5.69 Å². The van der Waals surface area contributed by atoms with Crippen LogP contribution in [-0.2, 0) is 4.79 Å². The SMILES string of the molecule is Cc1cccc(NC(=O)C2CCN(c3ccc(=O)n(-c4cccc(Cl)c4)n3)CC2)c1C. The van der Waals surface area contributed by atoms with Gasteiger partial charge in [0.2, 0.25) is 5.91 Å². The summed E-state index contributed by atoms with van der Waals surface area (Å²) in [6, 6.07) is 16.3. The van der Waals surface area contributed by atoms with Gasteiger partial charge in [-0.3, -0.25) is 9.59 Å². The largest absolute Gasteiger partial charge is 0.355 e. The van der Waals surface area contributed by atoms with Crippen LogP contribution in [0, 0.1) is 19.8 Å². The minimum absolute atomic E-state index is 0.0463. The van der Waals surface area contributed by atoms with Gasteiger partial charge in [-0.1, -0.05) is 29.8 Å². The molecule has 1 aliphatic rings. The molecular weight excluding hydrogens is 412 g/mol. The van der Waals surface area contributed by atoms with Crippen molar-refractivity contribution in [1.82, 2.24) is 9.78 Å². The monoisotopic (exact) mass is 436 g/mol. The van der Waals surface area contributed by atoms with Crippen molar-refractivity contribution in [1.29, 1.82) is 0 Å². The third-order valence-corrected chi connectivity index (χ3v) is 6.13. The van der Waals surface area contributed by atoms with E-state index in [1.165, 1.54) is 10.7 Å². The van der Waals surface area contributed by atoms with Crippen LogP contribution >= 0.6 is 11.6 Å². The molecule has 160 valence electrons. The highest BCUT2D eigenvalue weighted by molar-refractivity contribution is 6.30. The predicted molar refractivity (Wildman–Crippen MR) is 124 cm³/mol. The third kappa shape index (κ3) is 4.64. The Morgan fingerprint density at radius 2 is 1.81 bits per heavy atom. The highest BCUT2D eigenvalue weighted by Crippen LogP contribution is 2.25. The van der Waals surface area contributed by atoms with Gasteiger partial charge in [-0.2, -0.15) is 4.68 Å². The number of hydrogen-bond acceptors (Lipinski definition) is 4. The van der Waals surface area contributed by atoms with Gasteiger partial charge in [0.1, 0.15) is 5.82 Å². The maximum absolute atomic E-state index is 12.8. The lowest BCUT2D eigenvalue weighted by Gasteiger charge is -2.32. The van der Waals surface area contributed by atoms with E-state index in [1.807, 2.05) is 32.0 Å². The molecule has 0 atom stereocenters. The molecule has 0 aliphatic carbocycles. The normalized spacial score (nSPS) is 14.5. The molecule has 0 bridgehead atoms. The molecule has 7 heteroatoms. The molecule has 3 aromatic rings. The molecule has 2 heterocycles. The maximum atomic E-state index is 12.8. The van der Waals surface area contributed by atoms with Crippen molar-refractivity contribution in [3.05, 3.63) is 81.1 Å². The van der Waals surface area contributed by atoms with Crippen molar-refractivity contribution in [2.45, 2.75) is 26.7 Å². The summed E-state index contributed by atoms with van der Waals surface area (Å²) in [6.45, 7) is 5.46. The second kappa shape index (κ2) is 8.94. The summed E-state index contributed by atoms with van der Waals surface area (Å²) in [5.74, 6) is 0.730. The fourth-order valence-corrected chi connectivity index (χ4v) is 4.04. The lowest BCUT2D eigenvalue weighted by Crippen LogP contribution is -2.39. The lowest BCUT2D eigenvalue weighted by molar-refractivity contribution is -0.120. The Hall–Kier alpha value is -3.12. The summed E-state index contributed by atoms with van der Waals surface area (Å²) >= 11 is 6.07. The first-order valence-corrected chi connectivity index (χ1v) is 10.8. The first-order valence-electron chi connectivity index (χ1n) is 10.4. The van der Waals surface area contributed by atoms with E-state index in [9.17, 15) is 9.59 Å². The molecule has 1 N–H and O–H groups in total. The van der Waals surface area contributed by atoms with Gasteiger partial charge in [-0.05, 0) is 68.1 Å². The molecule has 1 saturated heterocycles. The van der Waals surface area contributed by atoms with Crippen LogP contribution in [0.4, 0.5) is 11.5 Å². The molecule has 31 heavy (non-hydrogen) atoms. The zero-order valence-electron chi connectivity index (χ0n) is 17.6. The molecule has 1 fully saturated rings. The Morgan fingerprint density at radius 1 is 1.06 bits per heavy atom. The summed E-state index contributed by atoms with van der Waals surface area (Å²) in [7, 11) is 0. The number of piperidine rings is 1. The number of carbonyl (C=O) groups is 1. The first kappa shape index (κ1) is 21.1. The second-order valence-corrected chi connectivity index (χ2v) is 8.36. The standard InChI is InChI=1S/C24H25ClN4O2/c1-16-5-3-8-21(17(16)2)26-24(31)18-11-13-28(14-12-18)22-9-10-23(30)29(27-22)20-7-4-6-19(25)15-20/h3-10,15,18H,11-14H2,1-2H3,(H,26,31). The number of nitrogens with one attached hydrogen (secondary N) is 1. The maximum Gasteiger partial charge on any atom is 0.271 e. The van der Waals surface area contributed by atoms with Gasteiger partial charge in [-0.25, -0.2) is 0 Å². The molecule has 4 rings (SSSR count). The molecule has 6 nitrogen and oxygen atoms in total. The quantitative estimate of drug-likeness (QED) is 0.660. The van der Waals surface area contributed by atoms with E-state index in [4.69, 9.17) is 11.6 Å². The van der Waals surface area contributed by atoms with Crippen LogP contribution in [0.25, 0.3) is 5.69 Å². The van der Waals surface area contributed by atoms with Crippen LogP contribution in [0.3, 0.4) is 0 Å². The molecule has 0 radical (unpaired) electrons. The van der Waals surface area contributed by atoms with Crippen molar-refractivity contribution in [2.24, 2.45) is 5.92 Å². The van der Waals surface area contributed by atoms with E-state index in [2.05, 4.69) is 15.3 Å². The molecule has 2 aromatic carbocycles. The smallest absolute Gasteiger partial charge is 0.271 e. The predicted octanol–water partition coefficient (Wildman–Crippen LogP) is 4.36. The summed E-state index contributed by atoms with van der Waals surface area (Å²) in [5.41, 5.74) is 3.55. The van der Waals surface area contributed by atoms with Crippen LogP contribution < -0.4 is 15.8 Å². The number of nitrogens with zero attached hydrogens (tertiary/aromatic N) is 3. The van der Waals surface area contributed by atoms with Crippen LogP contribution in [0.2, 0.25) is 5.02 Å². The Bertz CT molecular complexity index is 1170. The zero-order chi connectivity index (χ0) is 22.0. The minimum atomic E-state index is -0.214. The Balaban J connectivity index is 1.44. The number of aromatic nitrogens is 2. The van der Waals surface area contributed by atoms with Crippen molar-refractivity contribution in [2.75, 3.05) is 23.3 Å². The van der Waals surface area contributed by atoms with E-state index in [0.29, 0.717) is 29.6 Å². The first-order chi connectivity index (χ1) is 14.9. The highest BCUT2D eigenvalue weighted by atomic mass is 35.5. The van der Waals surface area contributed by atoms with E-state index >= 15 is 0 Å². The van der Waals surface area contributed by atoms with Gasteiger partial charge in [0.15, 0.2) is 0 Å². The van der Waals surface area contributed by atoms with Gasteiger partial charge >= 0.3 is 0 Å². The van der Waals surface area contributed by atoms with Crippen LogP contribution in [0.5, 0.6) is 0 Å². The average molecular weight is 437 g/mol. The number of carbonyl (C=O) groups excluding carboxylic acids is 1. The molecule has 1 amide bonds. The van der Waals surface area contributed by atoms with E-state index < -0.39 is 0 Å². The molecule has 0 saturated carbocycles. The third-order valence-electron chi connectivity index (χ3n) is 5.89. The fraction of sp³-hybridized carbons (Fsp3) is 0.292. The molecule has 1 aliphatic heterocycles.